The Morgan fingerprint density at radius 2 is 1.91 bits per heavy atom. The summed E-state index contributed by atoms with van der Waals surface area (Å²) in [5.41, 5.74) is 4.00. The fourth-order valence-corrected chi connectivity index (χ4v) is 7.15. The number of nitrogens with zero attached hydrogens (tertiary/aromatic N) is 4. The van der Waals surface area contributed by atoms with E-state index < -0.39 is 17.9 Å². The second kappa shape index (κ2) is 14.6. The number of hydrogen-bond acceptors (Lipinski definition) is 6. The zero-order chi connectivity index (χ0) is 33.0. The lowest BCUT2D eigenvalue weighted by molar-refractivity contribution is -0.872. The van der Waals surface area contributed by atoms with Gasteiger partial charge in [0.25, 0.3) is 0 Å². The molecular weight excluding hydrogens is 586 g/mol. The number of carboxylic acids is 1. The van der Waals surface area contributed by atoms with Gasteiger partial charge in [-0.15, -0.1) is 0 Å². The monoisotopic (exact) mass is 634 g/mol. The number of rotatable bonds is 13. The largest absolute Gasteiger partial charge is 0.493 e. The molecule has 4 amide bonds. The second-order valence-corrected chi connectivity index (χ2v) is 13.1. The molecule has 46 heavy (non-hydrogen) atoms. The van der Waals surface area contributed by atoms with Crippen molar-refractivity contribution < 1.29 is 33.9 Å². The van der Waals surface area contributed by atoms with Crippen molar-refractivity contribution in [3.05, 3.63) is 59.2 Å². The zero-order valence-corrected chi connectivity index (χ0v) is 27.5. The SMILES string of the molecule is CCCCN(C(=O)CN1CC(c2ccc3c(c2)CCO3)C(C(=O)O)C1CCN1CCC(=O)N(C)C1=O)c1cccc(C[NH+](C)C)c1. The third-order valence-electron chi connectivity index (χ3n) is 9.55. The van der Waals surface area contributed by atoms with Gasteiger partial charge in [0.05, 0.1) is 33.2 Å². The van der Waals surface area contributed by atoms with Crippen molar-refractivity contribution in [1.29, 1.82) is 0 Å². The van der Waals surface area contributed by atoms with Crippen molar-refractivity contribution in [3.63, 3.8) is 0 Å². The van der Waals surface area contributed by atoms with E-state index in [1.807, 2.05) is 34.1 Å². The first kappa shape index (κ1) is 33.4. The molecular formula is C35H48N5O6+. The summed E-state index contributed by atoms with van der Waals surface area (Å²) in [6.07, 6.45) is 3.17. The minimum absolute atomic E-state index is 0.0677. The van der Waals surface area contributed by atoms with Crippen LogP contribution in [0.1, 0.15) is 55.2 Å². The molecule has 0 aromatic heterocycles. The predicted octanol–water partition coefficient (Wildman–Crippen LogP) is 2.24. The van der Waals surface area contributed by atoms with E-state index in [2.05, 4.69) is 39.2 Å². The first-order valence-electron chi connectivity index (χ1n) is 16.5. The summed E-state index contributed by atoms with van der Waals surface area (Å²) in [6, 6.07) is 13.2. The van der Waals surface area contributed by atoms with Crippen LogP contribution in [-0.2, 0) is 27.3 Å². The number of hydrogen-bond donors (Lipinski definition) is 2. The number of benzene rings is 2. The third-order valence-corrected chi connectivity index (χ3v) is 9.55. The van der Waals surface area contributed by atoms with Gasteiger partial charge >= 0.3 is 12.0 Å². The first-order valence-corrected chi connectivity index (χ1v) is 16.5. The van der Waals surface area contributed by atoms with Gasteiger partial charge in [0.15, 0.2) is 0 Å². The fourth-order valence-electron chi connectivity index (χ4n) is 7.15. The minimum atomic E-state index is -0.916. The summed E-state index contributed by atoms with van der Waals surface area (Å²) in [7, 11) is 5.67. The summed E-state index contributed by atoms with van der Waals surface area (Å²) in [6.45, 7) is 5.20. The fraction of sp³-hybridized carbons (Fsp3) is 0.543. The van der Waals surface area contributed by atoms with Crippen LogP contribution in [-0.4, -0.2) is 110 Å². The smallest absolute Gasteiger partial charge is 0.326 e. The van der Waals surface area contributed by atoms with Crippen LogP contribution in [0.15, 0.2) is 42.5 Å². The van der Waals surface area contributed by atoms with Gasteiger partial charge in [-0.1, -0.05) is 37.6 Å². The van der Waals surface area contributed by atoms with Gasteiger partial charge in [-0.2, -0.15) is 0 Å². The van der Waals surface area contributed by atoms with Crippen LogP contribution in [0, 0.1) is 5.92 Å². The third kappa shape index (κ3) is 7.36. The first-order chi connectivity index (χ1) is 22.1. The average Bonchev–Trinajstić information content (AvgIpc) is 3.64. The number of unbranched alkanes of at least 4 members (excludes halogenated alkanes) is 1. The second-order valence-electron chi connectivity index (χ2n) is 13.1. The quantitative estimate of drug-likeness (QED) is 0.348. The molecule has 11 nitrogen and oxygen atoms in total. The van der Waals surface area contributed by atoms with Crippen LogP contribution in [0.4, 0.5) is 10.5 Å². The number of anilines is 1. The number of carbonyl (C=O) groups is 4. The molecule has 3 aliphatic rings. The molecule has 5 rings (SSSR count). The number of nitrogens with one attached hydrogen (secondary N) is 1. The van der Waals surface area contributed by atoms with Gasteiger partial charge in [0, 0.05) is 69.3 Å². The number of likely N-dealkylation sites (tertiary alicyclic amines) is 1. The van der Waals surface area contributed by atoms with Gasteiger partial charge in [-0.25, -0.2) is 4.79 Å². The number of carbonyl (C=O) groups excluding carboxylic acids is 3. The molecule has 0 radical (unpaired) electrons. The Morgan fingerprint density at radius 1 is 1.11 bits per heavy atom. The van der Waals surface area contributed by atoms with Gasteiger partial charge in [0.2, 0.25) is 11.8 Å². The standard InChI is InChI=1S/C35H47N5O6/c1-5-6-15-40(27-9-7-8-24(19-27)21-36(2)3)32(42)23-39-22-28(25-10-11-30-26(20-25)14-18-46-30)33(34(43)44)29(39)12-16-38-17-13-31(41)37(4)35(38)45/h7-11,19-20,28-29,33H,5-6,12-18,21-23H2,1-4H3,(H,43,44)/p+1. The van der Waals surface area contributed by atoms with Crippen molar-refractivity contribution in [1.82, 2.24) is 14.7 Å². The maximum Gasteiger partial charge on any atom is 0.326 e. The Hall–Kier alpha value is -3.96. The van der Waals surface area contributed by atoms with Crippen molar-refractivity contribution >= 4 is 29.5 Å². The number of imide groups is 1. The Morgan fingerprint density at radius 3 is 2.65 bits per heavy atom. The highest BCUT2D eigenvalue weighted by molar-refractivity contribution is 5.96. The van der Waals surface area contributed by atoms with Crippen LogP contribution in [0.2, 0.25) is 0 Å². The molecule has 2 aromatic rings. The van der Waals surface area contributed by atoms with Crippen molar-refractivity contribution in [3.8, 4) is 5.75 Å². The zero-order valence-electron chi connectivity index (χ0n) is 27.5. The number of quaternary nitrogens is 1. The highest BCUT2D eigenvalue weighted by Crippen LogP contribution is 2.41. The normalized spacial score (nSPS) is 21.5. The number of urea groups is 1. The van der Waals surface area contributed by atoms with E-state index in [0.717, 1.165) is 58.8 Å². The summed E-state index contributed by atoms with van der Waals surface area (Å²) in [4.78, 5) is 60.1. The van der Waals surface area contributed by atoms with Crippen LogP contribution in [0.25, 0.3) is 0 Å². The molecule has 2 N–H and O–H groups in total. The van der Waals surface area contributed by atoms with Gasteiger partial charge in [0.1, 0.15) is 12.3 Å². The Kier molecular flexibility index (Phi) is 10.6. The molecule has 2 aromatic carbocycles. The molecule has 3 unspecified atom stereocenters. The van der Waals surface area contributed by atoms with E-state index in [1.54, 1.807) is 4.90 Å². The van der Waals surface area contributed by atoms with Crippen molar-refractivity contribution in [2.24, 2.45) is 5.92 Å². The Bertz CT molecular complexity index is 1450. The summed E-state index contributed by atoms with van der Waals surface area (Å²) in [5, 5.41) is 10.7. The molecule has 0 bridgehead atoms. The van der Waals surface area contributed by atoms with E-state index in [0.29, 0.717) is 39.2 Å². The van der Waals surface area contributed by atoms with Gasteiger partial charge in [-0.05, 0) is 42.2 Å². The van der Waals surface area contributed by atoms with Crippen LogP contribution >= 0.6 is 0 Å². The van der Waals surface area contributed by atoms with E-state index in [1.165, 1.54) is 11.9 Å². The van der Waals surface area contributed by atoms with Crippen LogP contribution in [0.5, 0.6) is 5.75 Å². The topological polar surface area (TPSA) is 115 Å². The molecule has 11 heteroatoms. The summed E-state index contributed by atoms with van der Waals surface area (Å²) >= 11 is 0. The molecule has 2 saturated heterocycles. The maximum atomic E-state index is 14.2. The highest BCUT2D eigenvalue weighted by Gasteiger charge is 2.47. The van der Waals surface area contributed by atoms with Crippen LogP contribution in [0.3, 0.4) is 0 Å². The van der Waals surface area contributed by atoms with E-state index in [9.17, 15) is 24.3 Å². The Balaban J connectivity index is 1.43. The van der Waals surface area contributed by atoms with E-state index >= 15 is 0 Å². The number of aliphatic carboxylic acids is 1. The lowest BCUT2D eigenvalue weighted by Gasteiger charge is -2.34. The van der Waals surface area contributed by atoms with Crippen molar-refractivity contribution in [2.45, 2.75) is 57.5 Å². The molecule has 0 spiro atoms. The predicted molar refractivity (Wildman–Crippen MR) is 174 cm³/mol. The van der Waals surface area contributed by atoms with Crippen molar-refractivity contribution in [2.75, 3.05) is 65.4 Å². The molecule has 3 atom stereocenters. The van der Waals surface area contributed by atoms with Crippen LogP contribution < -0.4 is 14.5 Å². The molecule has 2 fully saturated rings. The molecule has 3 heterocycles. The minimum Gasteiger partial charge on any atom is -0.493 e. The molecule has 3 aliphatic heterocycles. The number of carboxylic acid groups (broad SMARTS) is 1. The Labute approximate surface area is 271 Å². The van der Waals surface area contributed by atoms with E-state index in [4.69, 9.17) is 4.74 Å². The average molecular weight is 635 g/mol. The van der Waals surface area contributed by atoms with Gasteiger partial charge in [-0.3, -0.25) is 24.2 Å². The lowest BCUT2D eigenvalue weighted by atomic mass is 9.83. The summed E-state index contributed by atoms with van der Waals surface area (Å²) < 4.78 is 5.70. The summed E-state index contributed by atoms with van der Waals surface area (Å²) in [5.74, 6) is -1.48. The lowest BCUT2D eigenvalue weighted by Crippen LogP contribution is -3.04. The number of fused-ring (bicyclic) bond motifs is 1. The number of ether oxygens (including phenoxy) is 1. The molecule has 248 valence electrons. The molecule has 0 aliphatic carbocycles. The van der Waals surface area contributed by atoms with Gasteiger partial charge < -0.3 is 24.5 Å². The van der Waals surface area contributed by atoms with E-state index in [-0.39, 0.29) is 36.7 Å². The maximum absolute atomic E-state index is 14.2. The highest BCUT2D eigenvalue weighted by atomic mass is 16.5. The molecule has 0 saturated carbocycles. The number of amides is 4.